The minimum atomic E-state index is -0.341. The number of anilines is 1. The van der Waals surface area contributed by atoms with Gasteiger partial charge in [0.2, 0.25) is 5.91 Å². The monoisotopic (exact) mass is 461 g/mol. The first-order valence-corrected chi connectivity index (χ1v) is 10.8. The van der Waals surface area contributed by atoms with Gasteiger partial charge in [-0.25, -0.2) is 4.79 Å². The molecule has 0 aromatic heterocycles. The quantitative estimate of drug-likeness (QED) is 0.340. The number of amides is 1. The smallest absolute Gasteiger partial charge is 0.338 e. The Hall–Kier alpha value is -2.34. The largest absolute Gasteiger partial charge is 0.492 e. The Kier molecular flexibility index (Phi) is 9.71. The second kappa shape index (κ2) is 12.3. The molecule has 2 aromatic carbocycles. The molecule has 156 valence electrons. The number of ether oxygens (including phenoxy) is 2. The maximum atomic E-state index is 12.1. The number of aryl methyl sites for hydroxylation is 1. The minimum absolute atomic E-state index is 0.0905. The summed E-state index contributed by atoms with van der Waals surface area (Å²) in [5, 5.41) is 2.83. The van der Waals surface area contributed by atoms with E-state index in [0.717, 1.165) is 29.5 Å². The van der Waals surface area contributed by atoms with Crippen molar-refractivity contribution < 1.29 is 19.1 Å². The van der Waals surface area contributed by atoms with Gasteiger partial charge in [0.15, 0.2) is 0 Å². The maximum Gasteiger partial charge on any atom is 0.338 e. The average Bonchev–Trinajstić information content (AvgIpc) is 2.72. The van der Waals surface area contributed by atoms with E-state index in [1.165, 1.54) is 5.56 Å². The Morgan fingerprint density at radius 2 is 1.76 bits per heavy atom. The molecular formula is C23H28BrNO4. The van der Waals surface area contributed by atoms with Crippen molar-refractivity contribution >= 4 is 33.5 Å². The Morgan fingerprint density at radius 3 is 2.41 bits per heavy atom. The van der Waals surface area contributed by atoms with Crippen LogP contribution in [-0.4, -0.2) is 25.1 Å². The molecule has 5 nitrogen and oxygen atoms in total. The van der Waals surface area contributed by atoms with Gasteiger partial charge < -0.3 is 14.8 Å². The van der Waals surface area contributed by atoms with E-state index in [-0.39, 0.29) is 11.9 Å². The molecule has 0 unspecified atom stereocenters. The van der Waals surface area contributed by atoms with Crippen molar-refractivity contribution in [2.75, 3.05) is 18.5 Å². The fourth-order valence-corrected chi connectivity index (χ4v) is 3.14. The summed E-state index contributed by atoms with van der Waals surface area (Å²) in [7, 11) is 0. The molecule has 0 saturated heterocycles. The highest BCUT2D eigenvalue weighted by Gasteiger charge is 2.08. The van der Waals surface area contributed by atoms with Gasteiger partial charge in [-0.05, 0) is 77.2 Å². The third kappa shape index (κ3) is 7.89. The molecule has 0 fully saturated rings. The molecule has 1 N–H and O–H groups in total. The molecule has 0 aliphatic heterocycles. The summed E-state index contributed by atoms with van der Waals surface area (Å²) in [4.78, 5) is 24.0. The lowest BCUT2D eigenvalue weighted by atomic mass is 10.2. The van der Waals surface area contributed by atoms with E-state index in [2.05, 4.69) is 28.2 Å². The third-order valence-corrected chi connectivity index (χ3v) is 4.97. The fraction of sp³-hybridized carbons (Fsp3) is 0.391. The van der Waals surface area contributed by atoms with E-state index < -0.39 is 0 Å². The van der Waals surface area contributed by atoms with Gasteiger partial charge in [-0.2, -0.15) is 0 Å². The summed E-state index contributed by atoms with van der Waals surface area (Å²) < 4.78 is 11.8. The Balaban J connectivity index is 1.71. The topological polar surface area (TPSA) is 64.6 Å². The number of rotatable bonds is 11. The lowest BCUT2D eigenvalue weighted by Gasteiger charge is -2.10. The number of unbranched alkanes of at least 4 members (excludes halogenated alkanes) is 1. The van der Waals surface area contributed by atoms with Crippen LogP contribution in [0.1, 0.15) is 55.5 Å². The van der Waals surface area contributed by atoms with E-state index in [1.54, 1.807) is 24.3 Å². The molecule has 0 aliphatic rings. The van der Waals surface area contributed by atoms with Gasteiger partial charge in [-0.15, -0.1) is 0 Å². The van der Waals surface area contributed by atoms with Crippen molar-refractivity contribution in [3.05, 3.63) is 58.1 Å². The van der Waals surface area contributed by atoms with Gasteiger partial charge in [-0.3, -0.25) is 4.79 Å². The highest BCUT2D eigenvalue weighted by molar-refractivity contribution is 9.10. The number of hydrogen-bond donors (Lipinski definition) is 1. The number of halogens is 1. The highest BCUT2D eigenvalue weighted by Crippen LogP contribution is 2.26. The zero-order valence-corrected chi connectivity index (χ0v) is 18.6. The lowest BCUT2D eigenvalue weighted by Crippen LogP contribution is -2.13. The molecule has 0 atom stereocenters. The van der Waals surface area contributed by atoms with Crippen LogP contribution in [0.5, 0.6) is 5.75 Å². The SMILES string of the molecule is CCCCOC(=O)c1ccc(NC(=O)CCCOc2ccc(CC)cc2Br)cc1. The van der Waals surface area contributed by atoms with E-state index in [0.29, 0.717) is 37.3 Å². The van der Waals surface area contributed by atoms with Crippen LogP contribution in [0.25, 0.3) is 0 Å². The molecule has 6 heteroatoms. The number of benzene rings is 2. The van der Waals surface area contributed by atoms with Crippen LogP contribution in [0.3, 0.4) is 0 Å². The maximum absolute atomic E-state index is 12.1. The van der Waals surface area contributed by atoms with Gasteiger partial charge in [0, 0.05) is 12.1 Å². The minimum Gasteiger partial charge on any atom is -0.492 e. The van der Waals surface area contributed by atoms with Crippen LogP contribution >= 0.6 is 15.9 Å². The van der Waals surface area contributed by atoms with E-state index in [9.17, 15) is 9.59 Å². The van der Waals surface area contributed by atoms with E-state index in [1.807, 2.05) is 25.1 Å². The fourth-order valence-electron chi connectivity index (χ4n) is 2.60. The molecule has 29 heavy (non-hydrogen) atoms. The van der Waals surface area contributed by atoms with Crippen molar-refractivity contribution in [3.8, 4) is 5.75 Å². The van der Waals surface area contributed by atoms with Crippen molar-refractivity contribution in [1.82, 2.24) is 0 Å². The van der Waals surface area contributed by atoms with Crippen LogP contribution in [0.15, 0.2) is 46.9 Å². The molecule has 0 aliphatic carbocycles. The van der Waals surface area contributed by atoms with Crippen molar-refractivity contribution in [1.29, 1.82) is 0 Å². The molecule has 0 heterocycles. The van der Waals surface area contributed by atoms with E-state index >= 15 is 0 Å². The van der Waals surface area contributed by atoms with Crippen molar-refractivity contribution in [2.45, 2.75) is 46.0 Å². The molecule has 0 saturated carbocycles. The van der Waals surface area contributed by atoms with Crippen LogP contribution in [0.4, 0.5) is 5.69 Å². The number of carbonyl (C=O) groups is 2. The van der Waals surface area contributed by atoms with Crippen LogP contribution < -0.4 is 10.1 Å². The summed E-state index contributed by atoms with van der Waals surface area (Å²) >= 11 is 3.51. The Labute approximate surface area is 180 Å². The number of nitrogens with one attached hydrogen (secondary N) is 1. The molecular weight excluding hydrogens is 434 g/mol. The molecule has 0 radical (unpaired) electrons. The summed E-state index contributed by atoms with van der Waals surface area (Å²) in [6, 6.07) is 12.8. The van der Waals surface area contributed by atoms with Crippen LogP contribution in [-0.2, 0) is 16.0 Å². The summed E-state index contributed by atoms with van der Waals surface area (Å²) in [6.45, 7) is 5.03. The van der Waals surface area contributed by atoms with Gasteiger partial charge >= 0.3 is 5.97 Å². The van der Waals surface area contributed by atoms with Crippen LogP contribution in [0.2, 0.25) is 0 Å². The molecule has 0 spiro atoms. The first kappa shape index (κ1) is 22.9. The molecule has 0 bridgehead atoms. The Morgan fingerprint density at radius 1 is 1.00 bits per heavy atom. The van der Waals surface area contributed by atoms with Gasteiger partial charge in [0.05, 0.1) is 23.2 Å². The predicted molar refractivity (Wildman–Crippen MR) is 119 cm³/mol. The lowest BCUT2D eigenvalue weighted by molar-refractivity contribution is -0.116. The first-order valence-electron chi connectivity index (χ1n) is 10.0. The first-order chi connectivity index (χ1) is 14.0. The standard InChI is InChI=1S/C23H28BrNO4/c1-3-5-14-29-23(27)18-9-11-19(12-10-18)25-22(26)7-6-15-28-21-13-8-17(4-2)16-20(21)24/h8-13,16H,3-7,14-15H2,1-2H3,(H,25,26). The average molecular weight is 462 g/mol. The molecule has 2 aromatic rings. The van der Waals surface area contributed by atoms with Gasteiger partial charge in [0.1, 0.15) is 5.75 Å². The molecule has 2 rings (SSSR count). The number of esters is 1. The summed E-state index contributed by atoms with van der Waals surface area (Å²) in [5.74, 6) is 0.350. The van der Waals surface area contributed by atoms with Crippen molar-refractivity contribution in [2.24, 2.45) is 0 Å². The Bertz CT molecular complexity index is 805. The van der Waals surface area contributed by atoms with Crippen molar-refractivity contribution in [3.63, 3.8) is 0 Å². The normalized spacial score (nSPS) is 10.4. The summed E-state index contributed by atoms with van der Waals surface area (Å²) in [5.41, 5.74) is 2.37. The van der Waals surface area contributed by atoms with Gasteiger partial charge in [-0.1, -0.05) is 26.3 Å². The molecule has 1 amide bonds. The predicted octanol–water partition coefficient (Wildman–Crippen LogP) is 5.77. The van der Waals surface area contributed by atoms with Gasteiger partial charge in [0.25, 0.3) is 0 Å². The second-order valence-corrected chi connectivity index (χ2v) is 7.54. The zero-order chi connectivity index (χ0) is 21.1. The highest BCUT2D eigenvalue weighted by atomic mass is 79.9. The number of hydrogen-bond acceptors (Lipinski definition) is 4. The number of carbonyl (C=O) groups excluding carboxylic acids is 2. The van der Waals surface area contributed by atoms with E-state index in [4.69, 9.17) is 9.47 Å². The summed E-state index contributed by atoms with van der Waals surface area (Å²) in [6.07, 6.45) is 3.76. The third-order valence-electron chi connectivity index (χ3n) is 4.35. The zero-order valence-electron chi connectivity index (χ0n) is 17.0. The second-order valence-electron chi connectivity index (χ2n) is 6.69. The van der Waals surface area contributed by atoms with Crippen LogP contribution in [0, 0.1) is 0 Å².